The standard InChI is InChI=1S/C19H14BrIN2O6S/c1-27-12-4-10(5-13(8-12)28-2)17-22-23-19(29-17)30-15(18(25)26)6-9-3-11(20)7-14(21)16(9)24/h3-8,24H,1-2H3,(H,25,26)/b15-6-. The molecule has 0 bridgehead atoms. The number of carbonyl (C=O) groups is 1. The summed E-state index contributed by atoms with van der Waals surface area (Å²) in [4.78, 5) is 11.6. The van der Waals surface area contributed by atoms with Crippen LogP contribution in [0.2, 0.25) is 0 Å². The quantitative estimate of drug-likeness (QED) is 0.217. The highest BCUT2D eigenvalue weighted by atomic mass is 127. The third-order valence-electron chi connectivity index (χ3n) is 3.76. The fraction of sp³-hybridized carbons (Fsp3) is 0.105. The van der Waals surface area contributed by atoms with Crippen molar-refractivity contribution in [3.63, 3.8) is 0 Å². The number of ether oxygens (including phenoxy) is 2. The van der Waals surface area contributed by atoms with E-state index in [0.717, 1.165) is 11.8 Å². The van der Waals surface area contributed by atoms with E-state index >= 15 is 0 Å². The molecule has 1 aromatic heterocycles. The van der Waals surface area contributed by atoms with E-state index in [9.17, 15) is 15.0 Å². The van der Waals surface area contributed by atoms with E-state index in [4.69, 9.17) is 13.9 Å². The highest BCUT2D eigenvalue weighted by Crippen LogP contribution is 2.35. The Morgan fingerprint density at radius 1 is 1.17 bits per heavy atom. The van der Waals surface area contributed by atoms with Crippen molar-refractivity contribution >= 4 is 62.3 Å². The summed E-state index contributed by atoms with van der Waals surface area (Å²) in [5.41, 5.74) is 0.904. The maximum Gasteiger partial charge on any atom is 0.342 e. The Kier molecular flexibility index (Phi) is 7.26. The molecule has 0 aliphatic heterocycles. The minimum absolute atomic E-state index is 0.0205. The van der Waals surface area contributed by atoms with Crippen LogP contribution in [-0.2, 0) is 4.79 Å². The molecule has 0 saturated carbocycles. The number of aliphatic carboxylic acids is 1. The smallest absolute Gasteiger partial charge is 0.342 e. The Labute approximate surface area is 197 Å². The molecule has 0 spiro atoms. The number of aromatic nitrogens is 2. The Morgan fingerprint density at radius 3 is 2.43 bits per heavy atom. The van der Waals surface area contributed by atoms with Crippen molar-refractivity contribution in [3.8, 4) is 28.7 Å². The molecule has 3 rings (SSSR count). The van der Waals surface area contributed by atoms with Gasteiger partial charge in [-0.25, -0.2) is 4.79 Å². The lowest BCUT2D eigenvalue weighted by Crippen LogP contribution is -1.97. The molecule has 1 heterocycles. The molecule has 0 fully saturated rings. The zero-order valence-electron chi connectivity index (χ0n) is 15.6. The van der Waals surface area contributed by atoms with Crippen LogP contribution in [-0.4, -0.2) is 40.6 Å². The van der Waals surface area contributed by atoms with E-state index in [1.807, 2.05) is 22.6 Å². The number of methoxy groups -OCH3 is 2. The van der Waals surface area contributed by atoms with Crippen LogP contribution in [0.4, 0.5) is 0 Å². The van der Waals surface area contributed by atoms with Gasteiger partial charge in [-0.15, -0.1) is 10.2 Å². The van der Waals surface area contributed by atoms with Crippen molar-refractivity contribution in [1.29, 1.82) is 0 Å². The van der Waals surface area contributed by atoms with Gasteiger partial charge in [-0.1, -0.05) is 15.9 Å². The monoisotopic (exact) mass is 604 g/mol. The summed E-state index contributed by atoms with van der Waals surface area (Å²) in [7, 11) is 3.05. The van der Waals surface area contributed by atoms with Crippen LogP contribution in [0.3, 0.4) is 0 Å². The number of nitrogens with zero attached hydrogens (tertiary/aromatic N) is 2. The maximum atomic E-state index is 11.7. The number of thioether (sulfide) groups is 1. The van der Waals surface area contributed by atoms with Gasteiger partial charge in [0, 0.05) is 21.7 Å². The minimum Gasteiger partial charge on any atom is -0.506 e. The van der Waals surface area contributed by atoms with Gasteiger partial charge in [0.2, 0.25) is 5.89 Å². The zero-order chi connectivity index (χ0) is 21.8. The third-order valence-corrected chi connectivity index (χ3v) is 5.89. The number of phenols is 1. The van der Waals surface area contributed by atoms with Gasteiger partial charge in [-0.2, -0.15) is 0 Å². The summed E-state index contributed by atoms with van der Waals surface area (Å²) in [5.74, 6) is 0.0505. The molecule has 8 nitrogen and oxygen atoms in total. The molecule has 30 heavy (non-hydrogen) atoms. The lowest BCUT2D eigenvalue weighted by Gasteiger charge is -2.06. The second kappa shape index (κ2) is 9.71. The number of hydrogen-bond acceptors (Lipinski definition) is 8. The number of carboxylic acids is 1. The molecule has 0 unspecified atom stereocenters. The van der Waals surface area contributed by atoms with Crippen LogP contribution >= 0.6 is 50.3 Å². The number of halogens is 2. The maximum absolute atomic E-state index is 11.7. The summed E-state index contributed by atoms with van der Waals surface area (Å²) in [6.07, 6.45) is 1.34. The zero-order valence-corrected chi connectivity index (χ0v) is 20.1. The van der Waals surface area contributed by atoms with E-state index in [-0.39, 0.29) is 21.8 Å². The van der Waals surface area contributed by atoms with Crippen LogP contribution in [0.25, 0.3) is 17.5 Å². The van der Waals surface area contributed by atoms with E-state index < -0.39 is 5.97 Å². The Balaban J connectivity index is 1.92. The predicted molar refractivity (Wildman–Crippen MR) is 123 cm³/mol. The molecular formula is C19H14BrIN2O6S. The van der Waals surface area contributed by atoms with Gasteiger partial charge in [-0.3, -0.25) is 0 Å². The molecule has 0 atom stereocenters. The fourth-order valence-corrected chi connectivity index (χ4v) is 4.58. The molecule has 2 N–H and O–H groups in total. The van der Waals surface area contributed by atoms with E-state index in [0.29, 0.717) is 30.7 Å². The number of aromatic hydroxyl groups is 1. The van der Waals surface area contributed by atoms with Crippen LogP contribution < -0.4 is 9.47 Å². The number of carboxylic acid groups (broad SMARTS) is 1. The molecule has 0 aliphatic rings. The summed E-state index contributed by atoms with van der Waals surface area (Å²) in [5, 5.41) is 27.7. The van der Waals surface area contributed by atoms with Gasteiger partial charge in [0.15, 0.2) is 0 Å². The van der Waals surface area contributed by atoms with Crippen LogP contribution in [0.5, 0.6) is 17.2 Å². The summed E-state index contributed by atoms with van der Waals surface area (Å²) < 4.78 is 17.4. The molecule has 0 saturated heterocycles. The molecule has 0 amide bonds. The van der Waals surface area contributed by atoms with Gasteiger partial charge in [-0.05, 0) is 64.7 Å². The van der Waals surface area contributed by atoms with Crippen LogP contribution in [0, 0.1) is 3.57 Å². The number of benzene rings is 2. The minimum atomic E-state index is -1.20. The molecule has 2 aromatic carbocycles. The molecule has 0 radical (unpaired) electrons. The lowest BCUT2D eigenvalue weighted by molar-refractivity contribution is -0.131. The molecule has 11 heteroatoms. The molecule has 0 aliphatic carbocycles. The molecule has 156 valence electrons. The average molecular weight is 605 g/mol. The Hall–Kier alpha value is -2.25. The Bertz CT molecular complexity index is 1110. The van der Waals surface area contributed by atoms with Gasteiger partial charge < -0.3 is 24.1 Å². The highest BCUT2D eigenvalue weighted by Gasteiger charge is 2.18. The van der Waals surface area contributed by atoms with E-state index in [1.54, 1.807) is 30.3 Å². The topological polar surface area (TPSA) is 115 Å². The first kappa shape index (κ1) is 22.4. The summed E-state index contributed by atoms with van der Waals surface area (Å²) in [6.45, 7) is 0. The largest absolute Gasteiger partial charge is 0.506 e. The van der Waals surface area contributed by atoms with E-state index in [1.165, 1.54) is 20.3 Å². The molecule has 3 aromatic rings. The second-order valence-electron chi connectivity index (χ2n) is 5.72. The second-order valence-corrected chi connectivity index (χ2v) is 8.79. The SMILES string of the molecule is COc1cc(OC)cc(-c2nnc(S/C(=C\c3cc(Br)cc(I)c3O)C(=O)O)o2)c1. The predicted octanol–water partition coefficient (Wildman–Crippen LogP) is 5.04. The van der Waals surface area contributed by atoms with Crippen molar-refractivity contribution in [3.05, 3.63) is 48.8 Å². The first-order chi connectivity index (χ1) is 14.3. The average Bonchev–Trinajstić information content (AvgIpc) is 3.19. The summed E-state index contributed by atoms with van der Waals surface area (Å²) >= 11 is 6.07. The van der Waals surface area contributed by atoms with Gasteiger partial charge >= 0.3 is 5.97 Å². The molecular weight excluding hydrogens is 591 g/mol. The number of phenolic OH excluding ortho intramolecular Hbond substituents is 1. The lowest BCUT2D eigenvalue weighted by atomic mass is 10.2. The summed E-state index contributed by atoms with van der Waals surface area (Å²) in [6, 6.07) is 8.42. The van der Waals surface area contributed by atoms with Crippen molar-refractivity contribution in [2.75, 3.05) is 14.2 Å². The number of hydrogen-bond donors (Lipinski definition) is 2. The third kappa shape index (κ3) is 5.26. The van der Waals surface area contributed by atoms with Crippen molar-refractivity contribution < 1.29 is 28.9 Å². The van der Waals surface area contributed by atoms with Crippen LogP contribution in [0.1, 0.15) is 5.56 Å². The first-order valence-electron chi connectivity index (χ1n) is 8.18. The van der Waals surface area contributed by atoms with E-state index in [2.05, 4.69) is 26.1 Å². The van der Waals surface area contributed by atoms with Crippen LogP contribution in [0.15, 0.2) is 49.3 Å². The van der Waals surface area contributed by atoms with Crippen molar-refractivity contribution in [2.24, 2.45) is 0 Å². The van der Waals surface area contributed by atoms with Crippen molar-refractivity contribution in [1.82, 2.24) is 10.2 Å². The fourth-order valence-electron chi connectivity index (χ4n) is 2.36. The van der Waals surface area contributed by atoms with Gasteiger partial charge in [0.25, 0.3) is 5.22 Å². The highest BCUT2D eigenvalue weighted by molar-refractivity contribution is 14.1. The van der Waals surface area contributed by atoms with Gasteiger partial charge in [0.05, 0.1) is 17.8 Å². The normalized spacial score (nSPS) is 11.4. The van der Waals surface area contributed by atoms with Gasteiger partial charge in [0.1, 0.15) is 22.2 Å². The van der Waals surface area contributed by atoms with Crippen molar-refractivity contribution in [2.45, 2.75) is 5.22 Å². The Morgan fingerprint density at radius 2 is 1.83 bits per heavy atom. The first-order valence-corrected chi connectivity index (χ1v) is 10.9. The number of rotatable bonds is 7.